The lowest BCUT2D eigenvalue weighted by molar-refractivity contribution is -0.116. The van der Waals surface area contributed by atoms with Crippen molar-refractivity contribution in [1.29, 1.82) is 0 Å². The molecule has 0 bridgehead atoms. The molecule has 0 saturated heterocycles. The van der Waals surface area contributed by atoms with Gasteiger partial charge in [-0.3, -0.25) is 14.4 Å². The van der Waals surface area contributed by atoms with Gasteiger partial charge in [0, 0.05) is 29.0 Å². The lowest BCUT2D eigenvalue weighted by Gasteiger charge is -2.10. The van der Waals surface area contributed by atoms with Crippen molar-refractivity contribution in [2.24, 2.45) is 0 Å². The molecule has 0 fully saturated rings. The number of rotatable bonds is 9. The van der Waals surface area contributed by atoms with Gasteiger partial charge in [-0.2, -0.15) is 0 Å². The molecule has 0 radical (unpaired) electrons. The van der Waals surface area contributed by atoms with Crippen LogP contribution in [0.5, 0.6) is 0 Å². The van der Waals surface area contributed by atoms with Crippen molar-refractivity contribution in [3.05, 3.63) is 78.3 Å². The number of amides is 3. The van der Waals surface area contributed by atoms with Gasteiger partial charge < -0.3 is 25.7 Å². The molecule has 1 aromatic heterocycles. The largest absolute Gasteiger partial charge is 0.467 e. The molecule has 3 aromatic rings. The summed E-state index contributed by atoms with van der Waals surface area (Å²) in [6.07, 6.45) is 1.96. The van der Waals surface area contributed by atoms with Crippen molar-refractivity contribution in [2.45, 2.75) is 19.9 Å². The molecule has 0 saturated carbocycles. The van der Waals surface area contributed by atoms with Crippen molar-refractivity contribution >= 4 is 34.8 Å². The highest BCUT2D eigenvalue weighted by atomic mass is 16.3. The molecule has 8 heteroatoms. The van der Waals surface area contributed by atoms with Crippen molar-refractivity contribution in [2.75, 3.05) is 22.5 Å². The second-order valence-corrected chi connectivity index (χ2v) is 6.72. The maximum absolute atomic E-state index is 12.2. The van der Waals surface area contributed by atoms with Gasteiger partial charge in [-0.1, -0.05) is 6.92 Å². The van der Waals surface area contributed by atoms with Crippen LogP contribution >= 0.6 is 0 Å². The Hall–Kier alpha value is -4.07. The summed E-state index contributed by atoms with van der Waals surface area (Å²) >= 11 is 0. The van der Waals surface area contributed by atoms with Crippen LogP contribution in [0.1, 0.15) is 29.5 Å². The van der Waals surface area contributed by atoms with E-state index in [2.05, 4.69) is 21.3 Å². The molecule has 2 aromatic carbocycles. The summed E-state index contributed by atoms with van der Waals surface area (Å²) < 4.78 is 5.18. The zero-order valence-electron chi connectivity index (χ0n) is 17.1. The molecule has 4 N–H and O–H groups in total. The molecule has 31 heavy (non-hydrogen) atoms. The maximum atomic E-state index is 12.2. The van der Waals surface area contributed by atoms with Crippen LogP contribution in [-0.2, 0) is 16.1 Å². The van der Waals surface area contributed by atoms with Gasteiger partial charge in [0.25, 0.3) is 5.91 Å². The minimum atomic E-state index is -0.227. The van der Waals surface area contributed by atoms with Crippen LogP contribution in [0.2, 0.25) is 0 Å². The van der Waals surface area contributed by atoms with Crippen LogP contribution in [0.3, 0.4) is 0 Å². The van der Waals surface area contributed by atoms with Gasteiger partial charge in [-0.15, -0.1) is 0 Å². The highest BCUT2D eigenvalue weighted by Crippen LogP contribution is 2.14. The number of benzene rings is 2. The Labute approximate surface area is 180 Å². The Morgan fingerprint density at radius 1 is 0.806 bits per heavy atom. The first-order valence-corrected chi connectivity index (χ1v) is 9.88. The van der Waals surface area contributed by atoms with Crippen LogP contribution in [0, 0.1) is 0 Å². The molecule has 0 aliphatic rings. The molecular weight excluding hydrogens is 396 g/mol. The molecular formula is C23H24N4O4. The second kappa shape index (κ2) is 10.6. The van der Waals surface area contributed by atoms with Gasteiger partial charge in [0.05, 0.1) is 19.4 Å². The Bertz CT molecular complexity index is 1010. The lowest BCUT2D eigenvalue weighted by Crippen LogP contribution is -2.23. The van der Waals surface area contributed by atoms with E-state index in [1.165, 1.54) is 0 Å². The minimum absolute atomic E-state index is 0.0545. The van der Waals surface area contributed by atoms with Crippen LogP contribution < -0.4 is 21.3 Å². The number of anilines is 3. The number of hydrogen-bond donors (Lipinski definition) is 4. The molecule has 0 aliphatic carbocycles. The van der Waals surface area contributed by atoms with Crippen molar-refractivity contribution < 1.29 is 18.8 Å². The summed E-state index contributed by atoms with van der Waals surface area (Å²) in [7, 11) is 0. The van der Waals surface area contributed by atoms with E-state index >= 15 is 0 Å². The SMILES string of the molecule is CCC(=O)Nc1ccc(NCC(=O)Nc2ccc(C(=O)NCc3ccco3)cc2)cc1. The first kappa shape index (κ1) is 21.6. The highest BCUT2D eigenvalue weighted by molar-refractivity contribution is 5.96. The van der Waals surface area contributed by atoms with E-state index < -0.39 is 0 Å². The normalized spacial score (nSPS) is 10.2. The predicted molar refractivity (Wildman–Crippen MR) is 119 cm³/mol. The number of nitrogens with one attached hydrogen (secondary N) is 4. The first-order chi connectivity index (χ1) is 15.0. The number of carbonyl (C=O) groups excluding carboxylic acids is 3. The van der Waals surface area contributed by atoms with Crippen LogP contribution in [0.15, 0.2) is 71.3 Å². The van der Waals surface area contributed by atoms with E-state index in [-0.39, 0.29) is 24.3 Å². The van der Waals surface area contributed by atoms with E-state index in [1.807, 2.05) is 0 Å². The first-order valence-electron chi connectivity index (χ1n) is 9.88. The third-order valence-corrected chi connectivity index (χ3v) is 4.38. The summed E-state index contributed by atoms with van der Waals surface area (Å²) in [6.45, 7) is 2.17. The molecule has 0 unspecified atom stereocenters. The Morgan fingerprint density at radius 2 is 1.42 bits per heavy atom. The molecule has 0 aliphatic heterocycles. The van der Waals surface area contributed by atoms with Crippen molar-refractivity contribution in [3.63, 3.8) is 0 Å². The van der Waals surface area contributed by atoms with E-state index in [0.717, 1.165) is 5.69 Å². The van der Waals surface area contributed by atoms with Gasteiger partial charge in [0.2, 0.25) is 11.8 Å². The third kappa shape index (κ3) is 6.74. The number of furan rings is 1. The molecule has 3 amide bonds. The van der Waals surface area contributed by atoms with Gasteiger partial charge in [-0.05, 0) is 60.7 Å². The average molecular weight is 420 g/mol. The summed E-state index contributed by atoms with van der Waals surface area (Å²) in [5, 5.41) is 11.3. The summed E-state index contributed by atoms with van der Waals surface area (Å²) in [6, 6.07) is 17.3. The summed E-state index contributed by atoms with van der Waals surface area (Å²) in [5.74, 6) is 0.166. The quantitative estimate of drug-likeness (QED) is 0.422. The van der Waals surface area contributed by atoms with Gasteiger partial charge in [0.1, 0.15) is 5.76 Å². The van der Waals surface area contributed by atoms with Crippen LogP contribution in [-0.4, -0.2) is 24.3 Å². The van der Waals surface area contributed by atoms with Gasteiger partial charge in [-0.25, -0.2) is 0 Å². The highest BCUT2D eigenvalue weighted by Gasteiger charge is 2.08. The molecule has 160 valence electrons. The molecule has 8 nitrogen and oxygen atoms in total. The molecule has 0 atom stereocenters. The van der Waals surface area contributed by atoms with E-state index in [1.54, 1.807) is 73.9 Å². The minimum Gasteiger partial charge on any atom is -0.467 e. The Morgan fingerprint density at radius 3 is 2.03 bits per heavy atom. The average Bonchev–Trinajstić information content (AvgIpc) is 3.31. The number of hydrogen-bond acceptors (Lipinski definition) is 5. The van der Waals surface area contributed by atoms with Crippen molar-refractivity contribution in [1.82, 2.24) is 5.32 Å². The predicted octanol–water partition coefficient (Wildman–Crippen LogP) is 3.61. The van der Waals surface area contributed by atoms with Gasteiger partial charge in [0.15, 0.2) is 0 Å². The van der Waals surface area contributed by atoms with Crippen molar-refractivity contribution in [3.8, 4) is 0 Å². The molecule has 1 heterocycles. The number of carbonyl (C=O) groups is 3. The maximum Gasteiger partial charge on any atom is 0.251 e. The van der Waals surface area contributed by atoms with Crippen LogP contribution in [0.25, 0.3) is 0 Å². The topological polar surface area (TPSA) is 112 Å². The molecule has 0 spiro atoms. The zero-order chi connectivity index (χ0) is 22.1. The summed E-state index contributed by atoms with van der Waals surface area (Å²) in [4.78, 5) is 35.7. The van der Waals surface area contributed by atoms with Gasteiger partial charge >= 0.3 is 0 Å². The monoisotopic (exact) mass is 420 g/mol. The van der Waals surface area contributed by atoms with E-state index in [0.29, 0.717) is 35.7 Å². The fourth-order valence-corrected chi connectivity index (χ4v) is 2.70. The fraction of sp³-hybridized carbons (Fsp3) is 0.174. The summed E-state index contributed by atoms with van der Waals surface area (Å²) in [5.41, 5.74) is 2.54. The Balaban J connectivity index is 1.43. The Kier molecular flexibility index (Phi) is 7.42. The molecule has 3 rings (SSSR count). The van der Waals surface area contributed by atoms with E-state index in [9.17, 15) is 14.4 Å². The zero-order valence-corrected chi connectivity index (χ0v) is 17.1. The third-order valence-electron chi connectivity index (χ3n) is 4.38. The van der Waals surface area contributed by atoms with E-state index in [4.69, 9.17) is 4.42 Å². The second-order valence-electron chi connectivity index (χ2n) is 6.72. The lowest BCUT2D eigenvalue weighted by atomic mass is 10.2. The van der Waals surface area contributed by atoms with Crippen LogP contribution in [0.4, 0.5) is 17.1 Å². The standard InChI is InChI=1S/C23H24N4O4/c1-2-21(28)26-19-11-9-17(10-12-19)24-15-22(29)27-18-7-5-16(6-8-18)23(30)25-14-20-4-3-13-31-20/h3-13,24H,2,14-15H2,1H3,(H,25,30)(H,26,28)(H,27,29). The fourth-order valence-electron chi connectivity index (χ4n) is 2.70. The smallest absolute Gasteiger partial charge is 0.251 e.